The van der Waals surface area contributed by atoms with Crippen LogP contribution in [-0.4, -0.2) is 17.7 Å². The summed E-state index contributed by atoms with van der Waals surface area (Å²) in [6, 6.07) is 25.3. The predicted molar refractivity (Wildman–Crippen MR) is 84.9 cm³/mol. The van der Waals surface area contributed by atoms with Gasteiger partial charge in [0, 0.05) is 0 Å². The van der Waals surface area contributed by atoms with Gasteiger partial charge in [-0.25, -0.2) is 0 Å². The molecule has 0 saturated carbocycles. The molecule has 0 aliphatic rings. The Morgan fingerprint density at radius 3 is 1.38 bits per heavy atom. The molecule has 3 aromatic carbocycles. The maximum atomic E-state index is 5.91. The first kappa shape index (κ1) is 13.8. The van der Waals surface area contributed by atoms with E-state index in [9.17, 15) is 0 Å². The fraction of sp³-hybridized carbons (Fsp3) is 0. The van der Waals surface area contributed by atoms with Gasteiger partial charge in [-0.05, 0) is 0 Å². The molecule has 0 N–H and O–H groups in total. The Kier molecular flexibility index (Phi) is 4.30. The molecule has 0 aliphatic carbocycles. The van der Waals surface area contributed by atoms with Gasteiger partial charge in [0.15, 0.2) is 0 Å². The van der Waals surface area contributed by atoms with E-state index in [1.54, 1.807) is 0 Å². The van der Waals surface area contributed by atoms with Gasteiger partial charge in [0.05, 0.1) is 0 Å². The average Bonchev–Trinajstić information content (AvgIpc) is 2.53. The van der Waals surface area contributed by atoms with Gasteiger partial charge in [-0.15, -0.1) is 0 Å². The van der Waals surface area contributed by atoms with Gasteiger partial charge < -0.3 is 0 Å². The molecule has 3 heteroatoms. The van der Waals surface area contributed by atoms with Crippen molar-refractivity contribution in [2.45, 2.75) is 0 Å². The first-order valence-corrected chi connectivity index (χ1v) is 6.88. The minimum atomic E-state index is 0.801. The standard InChI is InChI=1S/C18H13O2.Li/c1-3-8-15(9-4-1)19-17-12-7-13-18(14-17)20-16-10-5-2-6-11-16;/h1-13H;. The maximum absolute atomic E-state index is 5.91. The van der Waals surface area contributed by atoms with Crippen molar-refractivity contribution in [3.8, 4) is 23.0 Å². The molecule has 3 aromatic rings. The zero-order chi connectivity index (χ0) is 14.5. The molecule has 0 bridgehead atoms. The van der Waals surface area contributed by atoms with Crippen LogP contribution in [0.3, 0.4) is 0 Å². The molecule has 0 aromatic heterocycles. The summed E-state index contributed by atoms with van der Waals surface area (Å²) in [6.45, 7) is 0. The zero-order valence-corrected chi connectivity index (χ0v) is 11.8. The molecule has 0 aliphatic heterocycles. The van der Waals surface area contributed by atoms with Crippen LogP contribution >= 0.6 is 0 Å². The third-order valence-electron chi connectivity index (χ3n) is 3.18. The Morgan fingerprint density at radius 2 is 0.952 bits per heavy atom. The molecule has 0 radical (unpaired) electrons. The summed E-state index contributed by atoms with van der Waals surface area (Å²) in [6.07, 6.45) is 0. The van der Waals surface area contributed by atoms with Crippen LogP contribution in [0.4, 0.5) is 0 Å². The molecular formula is C18H13LiO2. The minimum absolute atomic E-state index is 0.801. The summed E-state index contributed by atoms with van der Waals surface area (Å²) >= 11 is 2.00. The fourth-order valence-corrected chi connectivity index (χ4v) is 2.05. The van der Waals surface area contributed by atoms with E-state index in [1.165, 1.54) is 0 Å². The second-order valence-corrected chi connectivity index (χ2v) is 4.71. The number of rotatable bonds is 4. The molecule has 98 valence electrons. The van der Waals surface area contributed by atoms with Crippen molar-refractivity contribution in [3.63, 3.8) is 0 Å². The Morgan fingerprint density at radius 1 is 0.524 bits per heavy atom. The van der Waals surface area contributed by atoms with Gasteiger partial charge in [-0.1, -0.05) is 0 Å². The van der Waals surface area contributed by atoms with Crippen molar-refractivity contribution in [1.29, 1.82) is 0 Å². The van der Waals surface area contributed by atoms with E-state index in [-0.39, 0.29) is 0 Å². The molecule has 2 nitrogen and oxygen atoms in total. The molecule has 0 spiro atoms. The van der Waals surface area contributed by atoms with Crippen molar-refractivity contribution in [1.82, 2.24) is 0 Å². The monoisotopic (exact) mass is 268 g/mol. The Bertz CT molecular complexity index is 652. The van der Waals surface area contributed by atoms with Crippen molar-refractivity contribution in [2.75, 3.05) is 0 Å². The van der Waals surface area contributed by atoms with Crippen LogP contribution in [0.1, 0.15) is 0 Å². The topological polar surface area (TPSA) is 18.5 Å². The van der Waals surface area contributed by atoms with E-state index in [1.807, 2.05) is 96.6 Å². The van der Waals surface area contributed by atoms with Crippen LogP contribution in [0.5, 0.6) is 23.0 Å². The Hall–Kier alpha value is -2.14. The van der Waals surface area contributed by atoms with Crippen LogP contribution in [-0.2, 0) is 0 Å². The normalized spacial score (nSPS) is 10.2. The quantitative estimate of drug-likeness (QED) is 0.664. The summed E-state index contributed by atoms with van der Waals surface area (Å²) < 4.78 is 12.8. The molecule has 0 heterocycles. The summed E-state index contributed by atoms with van der Waals surface area (Å²) in [5.74, 6) is 3.24. The van der Waals surface area contributed by atoms with Crippen molar-refractivity contribution in [2.24, 2.45) is 0 Å². The summed E-state index contributed by atoms with van der Waals surface area (Å²) in [7, 11) is 0. The van der Waals surface area contributed by atoms with Crippen molar-refractivity contribution in [3.05, 3.63) is 78.9 Å². The van der Waals surface area contributed by atoms with Crippen LogP contribution < -0.4 is 13.7 Å². The molecule has 0 saturated heterocycles. The van der Waals surface area contributed by atoms with Crippen molar-refractivity contribution >= 4 is 22.0 Å². The van der Waals surface area contributed by atoms with Gasteiger partial charge in [-0.3, -0.25) is 0 Å². The second kappa shape index (κ2) is 6.54. The SMILES string of the molecule is [Li][c]1c(Oc2ccccc2)cccc1Oc1ccccc1. The van der Waals surface area contributed by atoms with E-state index >= 15 is 0 Å². The van der Waals surface area contributed by atoms with Crippen LogP contribution in [0.25, 0.3) is 0 Å². The van der Waals surface area contributed by atoms with Gasteiger partial charge in [0.1, 0.15) is 0 Å². The number of hydrogen-bond acceptors (Lipinski definition) is 2. The number of para-hydroxylation sites is 2. The van der Waals surface area contributed by atoms with Gasteiger partial charge in [0.2, 0.25) is 0 Å². The Labute approximate surface area is 133 Å². The molecule has 21 heavy (non-hydrogen) atoms. The van der Waals surface area contributed by atoms with Gasteiger partial charge >= 0.3 is 133 Å². The summed E-state index contributed by atoms with van der Waals surface area (Å²) in [5, 5.41) is 0. The van der Waals surface area contributed by atoms with E-state index in [0.717, 1.165) is 27.2 Å². The van der Waals surface area contributed by atoms with E-state index in [2.05, 4.69) is 0 Å². The van der Waals surface area contributed by atoms with Crippen molar-refractivity contribution < 1.29 is 9.47 Å². The predicted octanol–water partition coefficient (Wildman–Crippen LogP) is 4.07. The van der Waals surface area contributed by atoms with Gasteiger partial charge in [-0.2, -0.15) is 0 Å². The number of ether oxygens (including phenoxy) is 2. The number of benzene rings is 3. The molecule has 0 amide bonds. The number of hydrogen-bond donors (Lipinski definition) is 0. The second-order valence-electron chi connectivity index (χ2n) is 4.71. The van der Waals surface area contributed by atoms with Crippen LogP contribution in [0.15, 0.2) is 78.9 Å². The molecule has 0 atom stereocenters. The van der Waals surface area contributed by atoms with Gasteiger partial charge in [0.25, 0.3) is 0 Å². The van der Waals surface area contributed by atoms with E-state index in [0.29, 0.717) is 0 Å². The van der Waals surface area contributed by atoms with E-state index < -0.39 is 0 Å². The zero-order valence-electron chi connectivity index (χ0n) is 11.8. The average molecular weight is 268 g/mol. The molecule has 3 rings (SSSR count). The van der Waals surface area contributed by atoms with E-state index in [4.69, 9.17) is 9.47 Å². The summed E-state index contributed by atoms with van der Waals surface area (Å²) in [4.78, 5) is 0. The first-order chi connectivity index (χ1) is 10.3. The third kappa shape index (κ3) is 3.49. The molecule has 0 fully saturated rings. The molecule has 0 unspecified atom stereocenters. The Balaban J connectivity index is 1.85. The fourth-order valence-electron chi connectivity index (χ4n) is 2.05. The summed E-state index contributed by atoms with van der Waals surface area (Å²) in [5.41, 5.74) is 0. The molecular weight excluding hydrogens is 255 g/mol. The van der Waals surface area contributed by atoms with Crippen LogP contribution in [0, 0.1) is 0 Å². The van der Waals surface area contributed by atoms with Crippen LogP contribution in [0.2, 0.25) is 0 Å². The third-order valence-corrected chi connectivity index (χ3v) is 3.18. The first-order valence-electron chi connectivity index (χ1n) is 6.88.